The van der Waals surface area contributed by atoms with Crippen molar-refractivity contribution in [2.75, 3.05) is 37.5 Å². The van der Waals surface area contributed by atoms with Crippen LogP contribution >= 0.6 is 11.6 Å². The number of halogens is 1. The number of nitrogens with zero attached hydrogens (tertiary/aromatic N) is 2. The third kappa shape index (κ3) is 2.28. The molecule has 2 aromatic carbocycles. The molecular weight excluding hydrogens is 296 g/mol. The molecule has 2 atom stereocenters. The molecule has 0 radical (unpaired) electrons. The van der Waals surface area contributed by atoms with Crippen molar-refractivity contribution in [3.63, 3.8) is 0 Å². The summed E-state index contributed by atoms with van der Waals surface area (Å²) >= 11 is 6.61. The topological polar surface area (TPSA) is 26.7 Å². The van der Waals surface area contributed by atoms with Crippen LogP contribution in [0, 0.1) is 0 Å². The molecule has 3 nitrogen and oxygen atoms in total. The van der Waals surface area contributed by atoms with Crippen molar-refractivity contribution in [2.24, 2.45) is 0 Å². The third-order valence-corrected chi connectivity index (χ3v) is 5.33. The van der Waals surface area contributed by atoms with Crippen LogP contribution in [0.5, 0.6) is 5.75 Å². The van der Waals surface area contributed by atoms with Gasteiger partial charge < -0.3 is 14.9 Å². The van der Waals surface area contributed by atoms with E-state index in [0.29, 0.717) is 11.7 Å². The Balaban J connectivity index is 2.30. The second kappa shape index (κ2) is 5.54. The second-order valence-electron chi connectivity index (χ2n) is 6.36. The minimum absolute atomic E-state index is 0.111. The van der Waals surface area contributed by atoms with Gasteiger partial charge in [0.2, 0.25) is 0 Å². The van der Waals surface area contributed by atoms with Gasteiger partial charge in [-0.1, -0.05) is 6.92 Å². The molecule has 1 N–H and O–H groups in total. The molecule has 0 fully saturated rings. The molecule has 0 aliphatic carbocycles. The van der Waals surface area contributed by atoms with E-state index in [1.807, 2.05) is 32.3 Å². The van der Waals surface area contributed by atoms with Crippen LogP contribution in [0.15, 0.2) is 24.3 Å². The molecule has 1 aliphatic heterocycles. The van der Waals surface area contributed by atoms with E-state index in [0.717, 1.165) is 35.1 Å². The number of phenols is 1. The standard InChI is InChI=1S/C18H23ClN2O/c1-5-15(19)14-10-21(4)16-9-17(22)12-7-6-11(20(2)3)8-13(12)18(14)16/h6-9,14-15,22H,5,10H2,1-4H3. The van der Waals surface area contributed by atoms with Gasteiger partial charge >= 0.3 is 0 Å². The van der Waals surface area contributed by atoms with Crippen molar-refractivity contribution < 1.29 is 5.11 Å². The first-order valence-electron chi connectivity index (χ1n) is 7.76. The lowest BCUT2D eigenvalue weighted by Gasteiger charge is -2.19. The number of benzene rings is 2. The van der Waals surface area contributed by atoms with E-state index in [-0.39, 0.29) is 5.38 Å². The van der Waals surface area contributed by atoms with Gasteiger partial charge in [0.1, 0.15) is 5.75 Å². The summed E-state index contributed by atoms with van der Waals surface area (Å²) in [4.78, 5) is 4.29. The van der Waals surface area contributed by atoms with Crippen LogP contribution in [-0.4, -0.2) is 38.2 Å². The highest BCUT2D eigenvalue weighted by Gasteiger charge is 2.33. The van der Waals surface area contributed by atoms with E-state index >= 15 is 0 Å². The maximum absolute atomic E-state index is 10.4. The summed E-state index contributed by atoms with van der Waals surface area (Å²) in [6.45, 7) is 3.03. The van der Waals surface area contributed by atoms with Gasteiger partial charge in [-0.3, -0.25) is 0 Å². The zero-order chi connectivity index (χ0) is 16.0. The maximum atomic E-state index is 10.4. The van der Waals surface area contributed by atoms with E-state index in [1.165, 1.54) is 5.56 Å². The fourth-order valence-electron chi connectivity index (χ4n) is 3.45. The summed E-state index contributed by atoms with van der Waals surface area (Å²) in [5.41, 5.74) is 3.52. The van der Waals surface area contributed by atoms with E-state index in [2.05, 4.69) is 29.8 Å². The number of phenolic OH excluding ortho intramolecular Hbond substituents is 1. The van der Waals surface area contributed by atoms with Crippen LogP contribution < -0.4 is 9.80 Å². The molecule has 4 heteroatoms. The van der Waals surface area contributed by atoms with Crippen molar-refractivity contribution in [1.82, 2.24) is 0 Å². The molecule has 22 heavy (non-hydrogen) atoms. The Bertz CT molecular complexity index is 714. The molecule has 1 heterocycles. The maximum Gasteiger partial charge on any atom is 0.125 e. The quantitative estimate of drug-likeness (QED) is 0.861. The summed E-state index contributed by atoms with van der Waals surface area (Å²) in [5.74, 6) is 0.640. The van der Waals surface area contributed by atoms with Crippen LogP contribution in [0.3, 0.4) is 0 Å². The fourth-order valence-corrected chi connectivity index (χ4v) is 3.66. The lowest BCUT2D eigenvalue weighted by molar-refractivity contribution is 0.481. The van der Waals surface area contributed by atoms with Gasteiger partial charge in [-0.05, 0) is 35.6 Å². The Morgan fingerprint density at radius 2 is 2.05 bits per heavy atom. The highest BCUT2D eigenvalue weighted by Crippen LogP contribution is 2.47. The first kappa shape index (κ1) is 15.3. The average molecular weight is 319 g/mol. The van der Waals surface area contributed by atoms with Crippen LogP contribution in [0.25, 0.3) is 10.8 Å². The number of rotatable bonds is 3. The van der Waals surface area contributed by atoms with Gasteiger partial charge in [0.15, 0.2) is 0 Å². The van der Waals surface area contributed by atoms with E-state index in [1.54, 1.807) is 0 Å². The highest BCUT2D eigenvalue weighted by molar-refractivity contribution is 6.21. The summed E-state index contributed by atoms with van der Waals surface area (Å²) in [5, 5.41) is 12.5. The number of anilines is 2. The summed E-state index contributed by atoms with van der Waals surface area (Å²) in [6, 6.07) is 8.09. The van der Waals surface area contributed by atoms with Gasteiger partial charge in [-0.15, -0.1) is 11.6 Å². The molecule has 0 spiro atoms. The second-order valence-corrected chi connectivity index (χ2v) is 6.92. The summed E-state index contributed by atoms with van der Waals surface area (Å²) in [6.07, 6.45) is 0.940. The first-order valence-corrected chi connectivity index (χ1v) is 8.19. The number of hydrogen-bond acceptors (Lipinski definition) is 3. The van der Waals surface area contributed by atoms with Crippen molar-refractivity contribution >= 4 is 33.7 Å². The lowest BCUT2D eigenvalue weighted by atomic mass is 9.90. The van der Waals surface area contributed by atoms with Gasteiger partial charge in [-0.2, -0.15) is 0 Å². The minimum atomic E-state index is 0.111. The SMILES string of the molecule is CCC(Cl)C1CN(C)c2cc(O)c3ccc(N(C)C)cc3c21. The monoisotopic (exact) mass is 318 g/mol. The number of fused-ring (bicyclic) bond motifs is 3. The van der Waals surface area contributed by atoms with Gasteiger partial charge in [0.25, 0.3) is 0 Å². The largest absolute Gasteiger partial charge is 0.507 e. The minimum Gasteiger partial charge on any atom is -0.507 e. The van der Waals surface area contributed by atoms with Gasteiger partial charge in [-0.25, -0.2) is 0 Å². The van der Waals surface area contributed by atoms with Crippen LogP contribution in [0.1, 0.15) is 24.8 Å². The predicted molar refractivity (Wildman–Crippen MR) is 95.9 cm³/mol. The Kier molecular flexibility index (Phi) is 3.85. The smallest absolute Gasteiger partial charge is 0.125 e. The molecule has 3 rings (SSSR count). The Morgan fingerprint density at radius 1 is 1.32 bits per heavy atom. The number of likely N-dealkylation sites (N-methyl/N-ethyl adjacent to an activating group) is 1. The van der Waals surface area contributed by atoms with Crippen molar-refractivity contribution in [3.8, 4) is 5.75 Å². The normalized spacial score (nSPS) is 18.6. The van der Waals surface area contributed by atoms with E-state index in [4.69, 9.17) is 11.6 Å². The van der Waals surface area contributed by atoms with Gasteiger partial charge in [0.05, 0.1) is 0 Å². The van der Waals surface area contributed by atoms with E-state index < -0.39 is 0 Å². The molecule has 0 amide bonds. The molecule has 1 aliphatic rings. The molecular formula is C18H23ClN2O. The van der Waals surface area contributed by atoms with Crippen LogP contribution in [0.2, 0.25) is 0 Å². The number of aromatic hydroxyl groups is 1. The molecule has 0 saturated heterocycles. The first-order chi connectivity index (χ1) is 10.4. The summed E-state index contributed by atoms with van der Waals surface area (Å²) in [7, 11) is 6.13. The molecule has 2 unspecified atom stereocenters. The third-order valence-electron chi connectivity index (χ3n) is 4.71. The molecule has 0 bridgehead atoms. The zero-order valence-corrected chi connectivity index (χ0v) is 14.4. The number of alkyl halides is 1. The van der Waals surface area contributed by atoms with E-state index in [9.17, 15) is 5.11 Å². The predicted octanol–water partition coefficient (Wildman–Crippen LogP) is 4.16. The highest BCUT2D eigenvalue weighted by atomic mass is 35.5. The van der Waals surface area contributed by atoms with Crippen molar-refractivity contribution in [3.05, 3.63) is 29.8 Å². The molecule has 118 valence electrons. The van der Waals surface area contributed by atoms with Crippen LogP contribution in [0.4, 0.5) is 11.4 Å². The Labute approximate surface area is 137 Å². The Hall–Kier alpha value is -1.61. The molecule has 0 aromatic heterocycles. The lowest BCUT2D eigenvalue weighted by Crippen LogP contribution is -2.20. The number of hydrogen-bond donors (Lipinski definition) is 1. The molecule has 0 saturated carbocycles. The average Bonchev–Trinajstić information content (AvgIpc) is 2.83. The zero-order valence-electron chi connectivity index (χ0n) is 13.6. The van der Waals surface area contributed by atoms with Crippen molar-refractivity contribution in [1.29, 1.82) is 0 Å². The van der Waals surface area contributed by atoms with Gasteiger partial charge in [0, 0.05) is 61.8 Å². The molecule has 2 aromatic rings. The van der Waals surface area contributed by atoms with Crippen molar-refractivity contribution in [2.45, 2.75) is 24.6 Å². The summed E-state index contributed by atoms with van der Waals surface area (Å²) < 4.78 is 0. The fraction of sp³-hybridized carbons (Fsp3) is 0.444. The van der Waals surface area contributed by atoms with Crippen LogP contribution in [-0.2, 0) is 0 Å². The Morgan fingerprint density at radius 3 is 2.68 bits per heavy atom.